The molecule has 0 bridgehead atoms. The van der Waals surface area contributed by atoms with Crippen LogP contribution < -0.4 is 0 Å². The van der Waals surface area contributed by atoms with Crippen LogP contribution in [0.1, 0.15) is 41.3 Å². The number of nitrogens with zero attached hydrogens (tertiary/aromatic N) is 3. The van der Waals surface area contributed by atoms with Crippen LogP contribution in [-0.4, -0.2) is 25.7 Å². The molecule has 0 radical (unpaired) electrons. The van der Waals surface area contributed by atoms with E-state index in [0.717, 1.165) is 17.3 Å². The second-order valence-electron chi connectivity index (χ2n) is 6.25. The van der Waals surface area contributed by atoms with Gasteiger partial charge in [-0.15, -0.1) is 0 Å². The number of aromatic nitrogens is 2. The first kappa shape index (κ1) is 17.2. The molecule has 6 heteroatoms. The highest BCUT2D eigenvalue weighted by atomic mass is 16.4. The molecular formula is C20H17N3O3. The van der Waals surface area contributed by atoms with E-state index >= 15 is 0 Å². The molecule has 0 aliphatic rings. The lowest BCUT2D eigenvalue weighted by Crippen LogP contribution is -2.01. The van der Waals surface area contributed by atoms with Gasteiger partial charge in [0.1, 0.15) is 23.2 Å². The minimum Gasteiger partial charge on any atom is -0.505 e. The summed E-state index contributed by atoms with van der Waals surface area (Å²) in [6.45, 7) is 4.23. The van der Waals surface area contributed by atoms with Crippen molar-refractivity contribution >= 4 is 5.97 Å². The van der Waals surface area contributed by atoms with Gasteiger partial charge in [-0.1, -0.05) is 38.1 Å². The summed E-state index contributed by atoms with van der Waals surface area (Å²) < 4.78 is 1.58. The fraction of sp³-hybridized carbons (Fsp3) is 0.150. The molecule has 0 spiro atoms. The third kappa shape index (κ3) is 3.15. The third-order valence-corrected chi connectivity index (χ3v) is 4.20. The van der Waals surface area contributed by atoms with Crippen LogP contribution in [0.15, 0.2) is 48.9 Å². The first-order chi connectivity index (χ1) is 12.4. The Bertz CT molecular complexity index is 1010. The Hall–Kier alpha value is -3.59. The lowest BCUT2D eigenvalue weighted by Gasteiger charge is -2.06. The summed E-state index contributed by atoms with van der Waals surface area (Å²) in [6.07, 6.45) is 4.41. The molecule has 0 unspecified atom stereocenters. The number of aromatic carboxylic acids is 1. The Balaban J connectivity index is 2.06. The van der Waals surface area contributed by atoms with E-state index in [1.165, 1.54) is 11.6 Å². The number of aromatic hydroxyl groups is 1. The molecule has 3 rings (SSSR count). The Morgan fingerprint density at radius 2 is 1.92 bits per heavy atom. The number of carbonyl (C=O) groups is 1. The highest BCUT2D eigenvalue weighted by Gasteiger charge is 2.15. The van der Waals surface area contributed by atoms with Crippen molar-refractivity contribution in [1.29, 1.82) is 5.26 Å². The quantitative estimate of drug-likeness (QED) is 0.745. The molecule has 2 N–H and O–H groups in total. The maximum absolute atomic E-state index is 11.2. The number of nitriles is 1. The van der Waals surface area contributed by atoms with Crippen molar-refractivity contribution in [3.05, 3.63) is 65.6 Å². The van der Waals surface area contributed by atoms with Crippen LogP contribution in [0.25, 0.3) is 16.9 Å². The highest BCUT2D eigenvalue weighted by Crippen LogP contribution is 2.28. The van der Waals surface area contributed by atoms with Crippen molar-refractivity contribution in [3.63, 3.8) is 0 Å². The van der Waals surface area contributed by atoms with Crippen LogP contribution in [0, 0.1) is 11.3 Å². The summed E-state index contributed by atoms with van der Waals surface area (Å²) in [4.78, 5) is 15.2. The zero-order chi connectivity index (χ0) is 18.8. The molecule has 3 aromatic rings. The number of hydrogen-bond acceptors (Lipinski definition) is 4. The Kier molecular flexibility index (Phi) is 4.46. The van der Waals surface area contributed by atoms with Gasteiger partial charge in [-0.2, -0.15) is 5.26 Å². The number of rotatable bonds is 4. The van der Waals surface area contributed by atoms with Gasteiger partial charge in [0, 0.05) is 18.0 Å². The number of carboxylic acids is 1. The number of hydrogen-bond donors (Lipinski definition) is 2. The first-order valence-corrected chi connectivity index (χ1v) is 8.05. The smallest absolute Gasteiger partial charge is 0.339 e. The zero-order valence-corrected chi connectivity index (χ0v) is 14.3. The zero-order valence-electron chi connectivity index (χ0n) is 14.3. The molecular weight excluding hydrogens is 330 g/mol. The second-order valence-corrected chi connectivity index (χ2v) is 6.25. The lowest BCUT2D eigenvalue weighted by atomic mass is 9.99. The van der Waals surface area contributed by atoms with E-state index in [-0.39, 0.29) is 5.56 Å². The summed E-state index contributed by atoms with van der Waals surface area (Å²) >= 11 is 0. The molecule has 1 aromatic carbocycles. The van der Waals surface area contributed by atoms with Crippen LogP contribution >= 0.6 is 0 Å². The van der Waals surface area contributed by atoms with Crippen molar-refractivity contribution in [3.8, 4) is 28.8 Å². The highest BCUT2D eigenvalue weighted by molar-refractivity contribution is 5.91. The topological polar surface area (TPSA) is 99.1 Å². The van der Waals surface area contributed by atoms with E-state index in [1.807, 2.05) is 24.3 Å². The van der Waals surface area contributed by atoms with Gasteiger partial charge in [-0.3, -0.25) is 0 Å². The van der Waals surface area contributed by atoms with Crippen molar-refractivity contribution in [1.82, 2.24) is 9.55 Å². The predicted octanol–water partition coefficient (Wildman–Crippen LogP) is 3.94. The average Bonchev–Trinajstić information content (AvgIpc) is 3.06. The SMILES string of the molecule is CC(C)c1ccc(-c2cn(-c3cc(C(=O)O)c(O)cn3)cc2C#N)cc1. The van der Waals surface area contributed by atoms with E-state index in [9.17, 15) is 15.2 Å². The summed E-state index contributed by atoms with van der Waals surface area (Å²) in [5.74, 6) is -0.928. The van der Waals surface area contributed by atoms with Crippen LogP contribution in [0.3, 0.4) is 0 Å². The van der Waals surface area contributed by atoms with Crippen molar-refractivity contribution in [2.45, 2.75) is 19.8 Å². The van der Waals surface area contributed by atoms with Gasteiger partial charge in [-0.25, -0.2) is 9.78 Å². The Labute approximate surface area is 150 Å². The minimum absolute atomic E-state index is 0.245. The summed E-state index contributed by atoms with van der Waals surface area (Å²) in [7, 11) is 0. The molecule has 2 heterocycles. The third-order valence-electron chi connectivity index (χ3n) is 4.20. The summed E-state index contributed by atoms with van der Waals surface area (Å²) in [5.41, 5.74) is 3.04. The Morgan fingerprint density at radius 1 is 1.23 bits per heavy atom. The number of carboxylic acid groups (broad SMARTS) is 1. The van der Waals surface area contributed by atoms with Crippen LogP contribution in [0.5, 0.6) is 5.75 Å². The molecule has 0 aliphatic carbocycles. The average molecular weight is 347 g/mol. The van der Waals surface area contributed by atoms with Gasteiger partial charge in [0.15, 0.2) is 0 Å². The van der Waals surface area contributed by atoms with Crippen molar-refractivity contribution < 1.29 is 15.0 Å². The molecule has 0 saturated heterocycles. The van der Waals surface area contributed by atoms with Gasteiger partial charge in [0.25, 0.3) is 0 Å². The first-order valence-electron chi connectivity index (χ1n) is 8.05. The number of benzene rings is 1. The van der Waals surface area contributed by atoms with E-state index in [0.29, 0.717) is 17.3 Å². The standard InChI is InChI=1S/C20H17N3O3/c1-12(2)13-3-5-14(6-4-13)17-11-23(10-15(17)8-21)19-7-16(20(25)26)18(24)9-22-19/h3-7,9-12,24H,1-2H3,(H,25,26). The maximum Gasteiger partial charge on any atom is 0.339 e. The molecule has 0 atom stereocenters. The van der Waals surface area contributed by atoms with E-state index < -0.39 is 11.7 Å². The van der Waals surface area contributed by atoms with Crippen molar-refractivity contribution in [2.75, 3.05) is 0 Å². The maximum atomic E-state index is 11.2. The second kappa shape index (κ2) is 6.73. The van der Waals surface area contributed by atoms with Crippen LogP contribution in [0.4, 0.5) is 0 Å². The fourth-order valence-corrected chi connectivity index (χ4v) is 2.70. The Morgan fingerprint density at radius 3 is 2.50 bits per heavy atom. The molecule has 26 heavy (non-hydrogen) atoms. The van der Waals surface area contributed by atoms with Gasteiger partial charge in [0.2, 0.25) is 0 Å². The largest absolute Gasteiger partial charge is 0.505 e. The van der Waals surface area contributed by atoms with Crippen LogP contribution in [0.2, 0.25) is 0 Å². The van der Waals surface area contributed by atoms with Crippen LogP contribution in [-0.2, 0) is 0 Å². The van der Waals surface area contributed by atoms with Gasteiger partial charge < -0.3 is 14.8 Å². The molecule has 0 fully saturated rings. The van der Waals surface area contributed by atoms with Gasteiger partial charge >= 0.3 is 5.97 Å². The van der Waals surface area contributed by atoms with E-state index in [1.54, 1.807) is 17.0 Å². The normalized spacial score (nSPS) is 10.7. The lowest BCUT2D eigenvalue weighted by molar-refractivity contribution is 0.0693. The molecule has 0 amide bonds. The predicted molar refractivity (Wildman–Crippen MR) is 96.4 cm³/mol. The van der Waals surface area contributed by atoms with Crippen molar-refractivity contribution in [2.24, 2.45) is 0 Å². The number of pyridine rings is 1. The van der Waals surface area contributed by atoms with Gasteiger partial charge in [-0.05, 0) is 23.1 Å². The molecule has 6 nitrogen and oxygen atoms in total. The summed E-state index contributed by atoms with van der Waals surface area (Å²) in [6, 6.07) is 11.4. The minimum atomic E-state index is -1.25. The molecule has 2 aromatic heterocycles. The van der Waals surface area contributed by atoms with E-state index in [2.05, 4.69) is 24.9 Å². The van der Waals surface area contributed by atoms with Gasteiger partial charge in [0.05, 0.1) is 11.8 Å². The molecule has 0 saturated carbocycles. The monoisotopic (exact) mass is 347 g/mol. The fourth-order valence-electron chi connectivity index (χ4n) is 2.70. The molecule has 0 aliphatic heterocycles. The molecule has 130 valence electrons. The summed E-state index contributed by atoms with van der Waals surface area (Å²) in [5, 5.41) is 28.2. The van der Waals surface area contributed by atoms with E-state index in [4.69, 9.17) is 5.11 Å².